The van der Waals surface area contributed by atoms with Gasteiger partial charge in [-0.1, -0.05) is 42.5 Å². The standard InChI is InChI=1S/C21H26N4O.HI/c1-22-21(24-16-18-7-3-4-8-20(18)26-2)23-15-17-9-11-19(12-10-17)25-13-5-6-14-25;/h3-12H,13-16H2,1-2H3,(H2,22,23,24);1H. The van der Waals surface area contributed by atoms with Gasteiger partial charge in [0.1, 0.15) is 5.75 Å². The molecule has 2 aromatic carbocycles. The van der Waals surface area contributed by atoms with Gasteiger partial charge in [-0.3, -0.25) is 4.99 Å². The number of benzene rings is 2. The van der Waals surface area contributed by atoms with Crippen LogP contribution in [-0.4, -0.2) is 33.2 Å². The number of anilines is 1. The topological polar surface area (TPSA) is 48.9 Å². The van der Waals surface area contributed by atoms with Crippen molar-refractivity contribution in [2.24, 2.45) is 4.99 Å². The number of aliphatic imine (C=N–C) groups is 1. The van der Waals surface area contributed by atoms with Crippen LogP contribution in [0.1, 0.15) is 11.1 Å². The van der Waals surface area contributed by atoms with Gasteiger partial charge in [0.15, 0.2) is 5.96 Å². The van der Waals surface area contributed by atoms with E-state index >= 15 is 0 Å². The van der Waals surface area contributed by atoms with Crippen LogP contribution < -0.4 is 20.3 Å². The van der Waals surface area contributed by atoms with Gasteiger partial charge in [0.25, 0.3) is 0 Å². The minimum atomic E-state index is 0. The Morgan fingerprint density at radius 3 is 2.33 bits per heavy atom. The predicted octanol–water partition coefficient (Wildman–Crippen LogP) is 3.55. The summed E-state index contributed by atoms with van der Waals surface area (Å²) in [7, 11) is 3.47. The highest BCUT2D eigenvalue weighted by molar-refractivity contribution is 14.0. The number of hydrogen-bond donors (Lipinski definition) is 2. The SMILES string of the molecule is CN=C(NCc1ccc(N2CC=CC2)cc1)NCc1ccccc1OC.I. The molecule has 1 aliphatic heterocycles. The Balaban J connectivity index is 0.00000261. The lowest BCUT2D eigenvalue weighted by atomic mass is 10.2. The summed E-state index contributed by atoms with van der Waals surface area (Å²) in [5, 5.41) is 6.68. The fourth-order valence-electron chi connectivity index (χ4n) is 2.95. The van der Waals surface area contributed by atoms with Gasteiger partial charge in [-0.2, -0.15) is 0 Å². The van der Waals surface area contributed by atoms with E-state index in [-0.39, 0.29) is 24.0 Å². The van der Waals surface area contributed by atoms with E-state index in [1.807, 2.05) is 24.3 Å². The minimum Gasteiger partial charge on any atom is -0.496 e. The molecule has 0 unspecified atom stereocenters. The number of guanidine groups is 1. The van der Waals surface area contributed by atoms with E-state index in [9.17, 15) is 0 Å². The number of rotatable bonds is 6. The molecule has 0 saturated heterocycles. The van der Waals surface area contributed by atoms with E-state index in [4.69, 9.17) is 4.74 Å². The quantitative estimate of drug-likeness (QED) is 0.289. The number of ether oxygens (including phenoxy) is 1. The lowest BCUT2D eigenvalue weighted by Crippen LogP contribution is -2.36. The maximum Gasteiger partial charge on any atom is 0.191 e. The third kappa shape index (κ3) is 5.89. The van der Waals surface area contributed by atoms with E-state index in [0.29, 0.717) is 6.54 Å². The van der Waals surface area contributed by atoms with Crippen molar-refractivity contribution in [3.8, 4) is 5.75 Å². The van der Waals surface area contributed by atoms with Crippen molar-refractivity contribution in [2.75, 3.05) is 32.1 Å². The summed E-state index contributed by atoms with van der Waals surface area (Å²) in [5.41, 5.74) is 3.58. The zero-order valence-corrected chi connectivity index (χ0v) is 18.1. The molecule has 0 bridgehead atoms. The molecule has 0 atom stereocenters. The molecule has 0 aliphatic carbocycles. The average molecular weight is 478 g/mol. The molecule has 2 aromatic rings. The second-order valence-electron chi connectivity index (χ2n) is 6.13. The molecule has 0 fully saturated rings. The summed E-state index contributed by atoms with van der Waals surface area (Å²) in [6.45, 7) is 3.38. The minimum absolute atomic E-state index is 0. The van der Waals surface area contributed by atoms with Crippen LogP contribution >= 0.6 is 24.0 Å². The first kappa shape index (κ1) is 21.1. The smallest absolute Gasteiger partial charge is 0.191 e. The fourth-order valence-corrected chi connectivity index (χ4v) is 2.95. The van der Waals surface area contributed by atoms with Crippen molar-refractivity contribution >= 4 is 35.6 Å². The van der Waals surface area contributed by atoms with Crippen LogP contribution in [0.15, 0.2) is 65.7 Å². The second kappa shape index (κ2) is 10.8. The molecule has 6 heteroatoms. The number of halogens is 1. The van der Waals surface area contributed by atoms with Crippen molar-refractivity contribution in [1.29, 1.82) is 0 Å². The van der Waals surface area contributed by atoms with Gasteiger partial charge in [0.05, 0.1) is 7.11 Å². The molecule has 5 nitrogen and oxygen atoms in total. The van der Waals surface area contributed by atoms with Crippen LogP contribution in [0.2, 0.25) is 0 Å². The number of nitrogens with one attached hydrogen (secondary N) is 2. The van der Waals surface area contributed by atoms with Gasteiger partial charge >= 0.3 is 0 Å². The third-order valence-corrected chi connectivity index (χ3v) is 4.44. The van der Waals surface area contributed by atoms with E-state index in [2.05, 4.69) is 56.9 Å². The maximum absolute atomic E-state index is 5.39. The molecule has 1 heterocycles. The summed E-state index contributed by atoms with van der Waals surface area (Å²) in [5.74, 6) is 1.64. The Morgan fingerprint density at radius 2 is 1.67 bits per heavy atom. The molecule has 0 radical (unpaired) electrons. The van der Waals surface area contributed by atoms with E-state index < -0.39 is 0 Å². The number of hydrogen-bond acceptors (Lipinski definition) is 3. The van der Waals surface area contributed by atoms with Gasteiger partial charge in [-0.05, 0) is 23.8 Å². The Bertz CT molecular complexity index is 766. The Morgan fingerprint density at radius 1 is 1.00 bits per heavy atom. The van der Waals surface area contributed by atoms with Crippen molar-refractivity contribution in [3.63, 3.8) is 0 Å². The zero-order chi connectivity index (χ0) is 18.2. The average Bonchev–Trinajstić information content (AvgIpc) is 3.23. The molecular formula is C21H27IN4O. The molecule has 2 N–H and O–H groups in total. The maximum atomic E-state index is 5.39. The predicted molar refractivity (Wildman–Crippen MR) is 123 cm³/mol. The molecule has 144 valence electrons. The van der Waals surface area contributed by atoms with E-state index in [1.165, 1.54) is 11.3 Å². The molecule has 0 aromatic heterocycles. The lowest BCUT2D eigenvalue weighted by molar-refractivity contribution is 0.409. The van der Waals surface area contributed by atoms with Crippen LogP contribution in [0.4, 0.5) is 5.69 Å². The first-order valence-corrected chi connectivity index (χ1v) is 8.85. The van der Waals surface area contributed by atoms with Gasteiger partial charge < -0.3 is 20.3 Å². The van der Waals surface area contributed by atoms with E-state index in [0.717, 1.165) is 36.9 Å². The van der Waals surface area contributed by atoms with Crippen molar-refractivity contribution in [2.45, 2.75) is 13.1 Å². The summed E-state index contributed by atoms with van der Waals surface area (Å²) in [6, 6.07) is 16.7. The zero-order valence-electron chi connectivity index (χ0n) is 15.8. The van der Waals surface area contributed by atoms with Crippen molar-refractivity contribution < 1.29 is 4.74 Å². The number of para-hydroxylation sites is 1. The second-order valence-corrected chi connectivity index (χ2v) is 6.13. The Hall–Kier alpha value is -2.22. The lowest BCUT2D eigenvalue weighted by Gasteiger charge is -2.18. The molecule has 27 heavy (non-hydrogen) atoms. The van der Waals surface area contributed by atoms with Crippen LogP contribution in [0.3, 0.4) is 0 Å². The molecule has 0 saturated carbocycles. The first-order valence-electron chi connectivity index (χ1n) is 8.85. The van der Waals surface area contributed by atoms with Crippen LogP contribution in [-0.2, 0) is 13.1 Å². The Kier molecular flexibility index (Phi) is 8.44. The summed E-state index contributed by atoms with van der Waals surface area (Å²) < 4.78 is 5.39. The van der Waals surface area contributed by atoms with Gasteiger partial charge in [0.2, 0.25) is 0 Å². The summed E-state index contributed by atoms with van der Waals surface area (Å²) in [4.78, 5) is 6.63. The van der Waals surface area contributed by atoms with Gasteiger partial charge in [0, 0.05) is 44.5 Å². The largest absolute Gasteiger partial charge is 0.496 e. The number of methoxy groups -OCH3 is 1. The highest BCUT2D eigenvalue weighted by atomic mass is 127. The normalized spacial score (nSPS) is 13.3. The molecule has 3 rings (SSSR count). The van der Waals surface area contributed by atoms with E-state index in [1.54, 1.807) is 14.2 Å². The van der Waals surface area contributed by atoms with Gasteiger partial charge in [-0.15, -0.1) is 24.0 Å². The Labute approximate surface area is 178 Å². The van der Waals surface area contributed by atoms with Crippen LogP contribution in [0.5, 0.6) is 5.75 Å². The molecule has 1 aliphatic rings. The molecule has 0 spiro atoms. The van der Waals surface area contributed by atoms with Crippen molar-refractivity contribution in [3.05, 3.63) is 71.8 Å². The third-order valence-electron chi connectivity index (χ3n) is 4.44. The van der Waals surface area contributed by atoms with Gasteiger partial charge in [-0.25, -0.2) is 0 Å². The highest BCUT2D eigenvalue weighted by Crippen LogP contribution is 2.18. The fraction of sp³-hybridized carbons (Fsp3) is 0.286. The van der Waals surface area contributed by atoms with Crippen molar-refractivity contribution in [1.82, 2.24) is 10.6 Å². The summed E-state index contributed by atoms with van der Waals surface area (Å²) in [6.07, 6.45) is 4.40. The first-order chi connectivity index (χ1) is 12.8. The monoisotopic (exact) mass is 478 g/mol. The summed E-state index contributed by atoms with van der Waals surface area (Å²) >= 11 is 0. The van der Waals surface area contributed by atoms with Crippen LogP contribution in [0, 0.1) is 0 Å². The van der Waals surface area contributed by atoms with Crippen LogP contribution in [0.25, 0.3) is 0 Å². The molecule has 0 amide bonds. The number of nitrogens with zero attached hydrogens (tertiary/aromatic N) is 2. The molecular weight excluding hydrogens is 451 g/mol. The highest BCUT2D eigenvalue weighted by Gasteiger charge is 2.07.